The minimum atomic E-state index is 0. The fourth-order valence-corrected chi connectivity index (χ4v) is 1.92. The van der Waals surface area contributed by atoms with Crippen LogP contribution in [0.5, 0.6) is 11.5 Å². The van der Waals surface area contributed by atoms with Gasteiger partial charge in [-0.15, -0.1) is 12.4 Å². The molecule has 2 heterocycles. The van der Waals surface area contributed by atoms with E-state index >= 15 is 0 Å². The minimum absolute atomic E-state index is 0. The number of rotatable bonds is 4. The summed E-state index contributed by atoms with van der Waals surface area (Å²) in [5.41, 5.74) is 0.769. The van der Waals surface area contributed by atoms with Crippen molar-refractivity contribution >= 4 is 12.4 Å². The van der Waals surface area contributed by atoms with Crippen LogP contribution >= 0.6 is 12.4 Å². The lowest BCUT2D eigenvalue weighted by molar-refractivity contribution is 0.174. The van der Waals surface area contributed by atoms with Gasteiger partial charge in [-0.05, 0) is 26.1 Å². The number of benzene rings is 1. The first-order valence-corrected chi connectivity index (χ1v) is 6.16. The van der Waals surface area contributed by atoms with Crippen LogP contribution in [-0.4, -0.2) is 30.0 Å². The van der Waals surface area contributed by atoms with Gasteiger partial charge in [0.25, 0.3) is 5.89 Å². The molecule has 0 bridgehead atoms. The molecule has 1 aliphatic heterocycles. The van der Waals surface area contributed by atoms with E-state index in [1.807, 2.05) is 25.2 Å². The number of fused-ring (bicyclic) bond motifs is 1. The van der Waals surface area contributed by atoms with Crippen molar-refractivity contribution in [3.05, 3.63) is 24.0 Å². The molecule has 1 unspecified atom stereocenters. The van der Waals surface area contributed by atoms with Crippen LogP contribution in [0.15, 0.2) is 22.7 Å². The summed E-state index contributed by atoms with van der Waals surface area (Å²) in [6.07, 6.45) is 0.715. The summed E-state index contributed by atoms with van der Waals surface area (Å²) in [6, 6.07) is 5.91. The third-order valence-corrected chi connectivity index (χ3v) is 3.08. The molecule has 1 aliphatic rings. The fourth-order valence-electron chi connectivity index (χ4n) is 1.92. The highest BCUT2D eigenvalue weighted by molar-refractivity contribution is 5.85. The first-order chi connectivity index (χ1) is 9.28. The third kappa shape index (κ3) is 2.71. The van der Waals surface area contributed by atoms with Gasteiger partial charge in [0, 0.05) is 12.5 Å². The van der Waals surface area contributed by atoms with Crippen molar-refractivity contribution in [3.8, 4) is 23.0 Å². The van der Waals surface area contributed by atoms with Gasteiger partial charge in [0.1, 0.15) is 0 Å². The maximum Gasteiger partial charge on any atom is 0.261 e. The van der Waals surface area contributed by atoms with E-state index in [1.165, 1.54) is 0 Å². The molecule has 20 heavy (non-hydrogen) atoms. The number of aromatic nitrogens is 2. The zero-order chi connectivity index (χ0) is 13.2. The van der Waals surface area contributed by atoms with Crippen LogP contribution in [0.4, 0.5) is 0 Å². The highest BCUT2D eigenvalue weighted by atomic mass is 35.5. The van der Waals surface area contributed by atoms with Gasteiger partial charge in [-0.1, -0.05) is 11.2 Å². The van der Waals surface area contributed by atoms with Gasteiger partial charge in [0.2, 0.25) is 6.79 Å². The van der Waals surface area contributed by atoms with Crippen LogP contribution < -0.4 is 14.8 Å². The van der Waals surface area contributed by atoms with E-state index in [9.17, 15) is 0 Å². The Morgan fingerprint density at radius 3 is 3.00 bits per heavy atom. The van der Waals surface area contributed by atoms with Crippen LogP contribution in [-0.2, 0) is 6.42 Å². The van der Waals surface area contributed by atoms with Gasteiger partial charge in [-0.2, -0.15) is 4.98 Å². The summed E-state index contributed by atoms with van der Waals surface area (Å²) in [4.78, 5) is 4.39. The van der Waals surface area contributed by atoms with Crippen molar-refractivity contribution in [1.82, 2.24) is 15.5 Å². The Hall–Kier alpha value is -1.79. The van der Waals surface area contributed by atoms with E-state index < -0.39 is 0 Å². The van der Waals surface area contributed by atoms with Gasteiger partial charge >= 0.3 is 0 Å². The monoisotopic (exact) mass is 297 g/mol. The van der Waals surface area contributed by atoms with E-state index in [2.05, 4.69) is 22.4 Å². The Balaban J connectivity index is 0.00000147. The summed E-state index contributed by atoms with van der Waals surface area (Å²) < 4.78 is 16.1. The molecule has 0 saturated carbocycles. The Morgan fingerprint density at radius 1 is 1.35 bits per heavy atom. The normalized spacial score (nSPS) is 13.9. The number of likely N-dealkylation sites (N-methyl/N-ethyl adjacent to an activating group) is 1. The van der Waals surface area contributed by atoms with E-state index in [0.29, 0.717) is 35.7 Å². The average molecular weight is 298 g/mol. The Kier molecular flexibility index (Phi) is 4.46. The average Bonchev–Trinajstić information content (AvgIpc) is 3.06. The molecule has 2 aromatic rings. The molecule has 0 amide bonds. The van der Waals surface area contributed by atoms with Crippen molar-refractivity contribution in [3.63, 3.8) is 0 Å². The van der Waals surface area contributed by atoms with Gasteiger partial charge in [0.15, 0.2) is 17.3 Å². The largest absolute Gasteiger partial charge is 0.454 e. The quantitative estimate of drug-likeness (QED) is 0.931. The predicted molar refractivity (Wildman–Crippen MR) is 75.3 cm³/mol. The number of halogens is 1. The summed E-state index contributed by atoms with van der Waals surface area (Å²) in [5.74, 6) is 2.51. The van der Waals surface area contributed by atoms with Gasteiger partial charge in [-0.3, -0.25) is 0 Å². The molecule has 3 rings (SSSR count). The van der Waals surface area contributed by atoms with Gasteiger partial charge < -0.3 is 19.3 Å². The molecule has 1 N–H and O–H groups in total. The zero-order valence-corrected chi connectivity index (χ0v) is 12.1. The molecule has 7 heteroatoms. The van der Waals surface area contributed by atoms with Crippen LogP contribution in [0.2, 0.25) is 0 Å². The second kappa shape index (κ2) is 6.11. The summed E-state index contributed by atoms with van der Waals surface area (Å²) in [5, 5.41) is 7.12. The molecule has 0 saturated heterocycles. The van der Waals surface area contributed by atoms with Crippen molar-refractivity contribution in [2.24, 2.45) is 0 Å². The maximum atomic E-state index is 5.43. The van der Waals surface area contributed by atoms with Crippen molar-refractivity contribution in [2.45, 2.75) is 19.4 Å². The molecule has 108 valence electrons. The molecule has 0 fully saturated rings. The second-order valence-corrected chi connectivity index (χ2v) is 4.45. The van der Waals surface area contributed by atoms with Gasteiger partial charge in [-0.25, -0.2) is 0 Å². The molecule has 1 aromatic heterocycles. The number of nitrogens with zero attached hydrogens (tertiary/aromatic N) is 2. The van der Waals surface area contributed by atoms with Crippen molar-refractivity contribution in [2.75, 3.05) is 13.8 Å². The maximum absolute atomic E-state index is 5.43. The van der Waals surface area contributed by atoms with E-state index in [4.69, 9.17) is 14.0 Å². The number of hydrogen-bond donors (Lipinski definition) is 1. The molecule has 0 aliphatic carbocycles. The first-order valence-electron chi connectivity index (χ1n) is 6.16. The summed E-state index contributed by atoms with van der Waals surface area (Å²) >= 11 is 0. The van der Waals surface area contributed by atoms with E-state index in [0.717, 1.165) is 5.56 Å². The molecular formula is C13H16ClN3O3. The van der Waals surface area contributed by atoms with Crippen molar-refractivity contribution < 1.29 is 14.0 Å². The van der Waals surface area contributed by atoms with Crippen LogP contribution in [0.1, 0.15) is 12.7 Å². The third-order valence-electron chi connectivity index (χ3n) is 3.08. The molecule has 6 nitrogen and oxygen atoms in total. The summed E-state index contributed by atoms with van der Waals surface area (Å²) in [7, 11) is 1.90. The van der Waals surface area contributed by atoms with Crippen LogP contribution in [0, 0.1) is 0 Å². The number of nitrogens with one attached hydrogen (secondary N) is 1. The Bertz CT molecular complexity index is 588. The van der Waals surface area contributed by atoms with E-state index in [-0.39, 0.29) is 19.2 Å². The van der Waals surface area contributed by atoms with Crippen LogP contribution in [0.25, 0.3) is 11.5 Å². The molecule has 1 atom stereocenters. The second-order valence-electron chi connectivity index (χ2n) is 4.45. The van der Waals surface area contributed by atoms with Crippen LogP contribution in [0.3, 0.4) is 0 Å². The Labute approximate surface area is 122 Å². The SMILES string of the molecule is CNC(C)Cc1noc(-c2cccc3c2OCO3)n1.Cl. The van der Waals surface area contributed by atoms with E-state index in [1.54, 1.807) is 0 Å². The zero-order valence-electron chi connectivity index (χ0n) is 11.3. The Morgan fingerprint density at radius 2 is 2.20 bits per heavy atom. The molecular weight excluding hydrogens is 282 g/mol. The predicted octanol–water partition coefficient (Wildman–Crippen LogP) is 2.04. The fraction of sp³-hybridized carbons (Fsp3) is 0.385. The number of ether oxygens (including phenoxy) is 2. The smallest absolute Gasteiger partial charge is 0.261 e. The molecule has 0 radical (unpaired) electrons. The molecule has 1 aromatic carbocycles. The number of para-hydroxylation sites is 1. The lowest BCUT2D eigenvalue weighted by Crippen LogP contribution is -2.24. The molecule has 0 spiro atoms. The topological polar surface area (TPSA) is 69.4 Å². The van der Waals surface area contributed by atoms with Gasteiger partial charge in [0.05, 0.1) is 5.56 Å². The van der Waals surface area contributed by atoms with Crippen molar-refractivity contribution in [1.29, 1.82) is 0 Å². The lowest BCUT2D eigenvalue weighted by atomic mass is 10.2. The number of hydrogen-bond acceptors (Lipinski definition) is 6. The standard InChI is InChI=1S/C13H15N3O3.ClH/c1-8(14-2)6-11-15-13(19-16-11)9-4-3-5-10-12(9)18-7-17-10;/h3-5,8,14H,6-7H2,1-2H3;1H. The highest BCUT2D eigenvalue weighted by Gasteiger charge is 2.22. The first kappa shape index (κ1) is 14.6. The lowest BCUT2D eigenvalue weighted by Gasteiger charge is -2.04. The summed E-state index contributed by atoms with van der Waals surface area (Å²) in [6.45, 7) is 2.29. The highest BCUT2D eigenvalue weighted by Crippen LogP contribution is 2.40. The minimum Gasteiger partial charge on any atom is -0.454 e.